The fourth-order valence-electron chi connectivity index (χ4n) is 5.05. The molecule has 0 spiro atoms. The quantitative estimate of drug-likeness (QED) is 0.328. The van der Waals surface area contributed by atoms with E-state index >= 15 is 0 Å². The van der Waals surface area contributed by atoms with Crippen molar-refractivity contribution in [2.75, 3.05) is 32.0 Å². The zero-order chi connectivity index (χ0) is 29.3. The van der Waals surface area contributed by atoms with Crippen molar-refractivity contribution in [2.24, 2.45) is 0 Å². The van der Waals surface area contributed by atoms with Gasteiger partial charge in [-0.25, -0.2) is 12.8 Å². The number of likely N-dealkylation sites (tertiary alicyclic amines) is 1. The standard InChI is InChI=1S/C28H30FN5O6S/c1-17-8-13-25(40-17)27-30-31-28(34(27)26-23(38-3)6-5-7-24(26)39-4)32-41(36,37)22-14-20(15-33(16-22)18(2)35)19-9-11-21(29)12-10-19/h5-13,20,22H,14-16H2,1-4H3,(H,31,32)/t20-,22+/m1/s1. The van der Waals surface area contributed by atoms with E-state index < -0.39 is 21.1 Å². The lowest BCUT2D eigenvalue weighted by molar-refractivity contribution is -0.129. The number of amides is 1. The van der Waals surface area contributed by atoms with Gasteiger partial charge in [0, 0.05) is 25.9 Å². The predicted octanol–water partition coefficient (Wildman–Crippen LogP) is 4.14. The summed E-state index contributed by atoms with van der Waals surface area (Å²) >= 11 is 0. The third-order valence-corrected chi connectivity index (χ3v) is 8.81. The Hall–Kier alpha value is -4.39. The minimum Gasteiger partial charge on any atom is -0.494 e. The van der Waals surface area contributed by atoms with E-state index in [2.05, 4.69) is 14.9 Å². The third-order valence-electron chi connectivity index (χ3n) is 7.12. The summed E-state index contributed by atoms with van der Waals surface area (Å²) in [6.07, 6.45) is 0.209. The van der Waals surface area contributed by atoms with E-state index in [1.54, 1.807) is 49.4 Å². The highest BCUT2D eigenvalue weighted by molar-refractivity contribution is 7.93. The van der Waals surface area contributed by atoms with E-state index in [9.17, 15) is 17.6 Å². The zero-order valence-electron chi connectivity index (χ0n) is 23.0. The molecule has 11 nitrogen and oxygen atoms in total. The van der Waals surface area contributed by atoms with Crippen LogP contribution in [0.25, 0.3) is 17.3 Å². The summed E-state index contributed by atoms with van der Waals surface area (Å²) in [5.41, 5.74) is 1.11. The molecule has 1 aliphatic rings. The first-order valence-corrected chi connectivity index (χ1v) is 14.4. The molecule has 1 saturated heterocycles. The van der Waals surface area contributed by atoms with Gasteiger partial charge in [-0.15, -0.1) is 10.2 Å². The van der Waals surface area contributed by atoms with Crippen LogP contribution in [0.15, 0.2) is 59.0 Å². The Kier molecular flexibility index (Phi) is 7.72. The summed E-state index contributed by atoms with van der Waals surface area (Å²) in [5.74, 6) is 0.876. The molecule has 216 valence electrons. The van der Waals surface area contributed by atoms with Crippen LogP contribution >= 0.6 is 0 Å². The molecule has 2 atom stereocenters. The highest BCUT2D eigenvalue weighted by Gasteiger charge is 2.38. The fraction of sp³-hybridized carbons (Fsp3) is 0.321. The number of furan rings is 1. The lowest BCUT2D eigenvalue weighted by Crippen LogP contribution is -2.48. The molecule has 3 heterocycles. The topological polar surface area (TPSA) is 129 Å². The maximum Gasteiger partial charge on any atom is 0.243 e. The number of carbonyl (C=O) groups is 1. The monoisotopic (exact) mass is 583 g/mol. The van der Waals surface area contributed by atoms with Gasteiger partial charge < -0.3 is 18.8 Å². The molecule has 1 N–H and O–H groups in total. The Bertz CT molecular complexity index is 1650. The van der Waals surface area contributed by atoms with E-state index in [0.717, 1.165) is 5.56 Å². The molecule has 1 fully saturated rings. The second kappa shape index (κ2) is 11.2. The molecule has 0 aliphatic carbocycles. The third kappa shape index (κ3) is 5.62. The highest BCUT2D eigenvalue weighted by atomic mass is 32.2. The lowest BCUT2D eigenvalue weighted by Gasteiger charge is -2.37. The van der Waals surface area contributed by atoms with Gasteiger partial charge in [-0.05, 0) is 55.3 Å². The summed E-state index contributed by atoms with van der Waals surface area (Å²) in [6.45, 7) is 3.48. The number of piperidine rings is 1. The van der Waals surface area contributed by atoms with Gasteiger partial charge in [0.15, 0.2) is 5.76 Å². The molecule has 1 amide bonds. The number of methoxy groups -OCH3 is 2. The summed E-state index contributed by atoms with van der Waals surface area (Å²) < 4.78 is 62.5. The molecule has 13 heteroatoms. The van der Waals surface area contributed by atoms with E-state index in [1.165, 1.54) is 42.7 Å². The Morgan fingerprint density at radius 3 is 2.29 bits per heavy atom. The van der Waals surface area contributed by atoms with Crippen molar-refractivity contribution < 1.29 is 31.5 Å². The summed E-state index contributed by atoms with van der Waals surface area (Å²) in [6, 6.07) is 14.5. The van der Waals surface area contributed by atoms with Crippen molar-refractivity contribution in [3.05, 3.63) is 71.7 Å². The average Bonchev–Trinajstić information content (AvgIpc) is 3.57. The first-order chi connectivity index (χ1) is 19.6. The molecule has 0 saturated carbocycles. The van der Waals surface area contributed by atoms with Crippen LogP contribution in [0.3, 0.4) is 0 Å². The number of nitrogens with one attached hydrogen (secondary N) is 1. The summed E-state index contributed by atoms with van der Waals surface area (Å²) in [5, 5.41) is 7.44. The van der Waals surface area contributed by atoms with E-state index in [4.69, 9.17) is 13.9 Å². The lowest BCUT2D eigenvalue weighted by atomic mass is 9.90. The second-order valence-corrected chi connectivity index (χ2v) is 11.7. The number of rotatable bonds is 8. The van der Waals surface area contributed by atoms with Crippen molar-refractivity contribution in [3.63, 3.8) is 0 Å². The van der Waals surface area contributed by atoms with Crippen LogP contribution in [0.4, 0.5) is 10.3 Å². The van der Waals surface area contributed by atoms with Gasteiger partial charge in [-0.2, -0.15) is 0 Å². The number of hydrogen-bond acceptors (Lipinski definition) is 8. The fourth-order valence-corrected chi connectivity index (χ4v) is 6.47. The molecule has 2 aromatic heterocycles. The molecule has 0 bridgehead atoms. The van der Waals surface area contributed by atoms with Gasteiger partial charge in [-0.1, -0.05) is 18.2 Å². The molecule has 0 radical (unpaired) electrons. The molecule has 41 heavy (non-hydrogen) atoms. The SMILES string of the molecule is COc1cccc(OC)c1-n1c(NS(=O)(=O)[C@H]2C[C@@H](c3ccc(F)cc3)CN(C(C)=O)C2)nnc1-c1ccc(C)o1. The molecule has 2 aromatic carbocycles. The largest absolute Gasteiger partial charge is 0.494 e. The number of aryl methyl sites for hydroxylation is 1. The number of nitrogens with zero attached hydrogens (tertiary/aromatic N) is 4. The second-order valence-electron chi connectivity index (χ2n) is 9.78. The number of carbonyl (C=O) groups excluding carboxylic acids is 1. The van der Waals surface area contributed by atoms with E-state index in [-0.39, 0.29) is 36.6 Å². The van der Waals surface area contributed by atoms with Crippen LogP contribution in [0.5, 0.6) is 11.5 Å². The first kappa shape index (κ1) is 28.1. The van der Waals surface area contributed by atoms with Gasteiger partial charge in [-0.3, -0.25) is 14.1 Å². The van der Waals surface area contributed by atoms with Crippen molar-refractivity contribution in [2.45, 2.75) is 31.4 Å². The van der Waals surface area contributed by atoms with Gasteiger partial charge in [0.1, 0.15) is 28.8 Å². The van der Waals surface area contributed by atoms with Gasteiger partial charge in [0.05, 0.1) is 19.5 Å². The maximum absolute atomic E-state index is 13.9. The number of ether oxygens (including phenoxy) is 2. The Morgan fingerprint density at radius 1 is 1.02 bits per heavy atom. The van der Waals surface area contributed by atoms with E-state index in [0.29, 0.717) is 35.3 Å². The van der Waals surface area contributed by atoms with Crippen LogP contribution in [0, 0.1) is 12.7 Å². The van der Waals surface area contributed by atoms with Crippen LogP contribution < -0.4 is 14.2 Å². The molecule has 4 aromatic rings. The maximum atomic E-state index is 13.9. The van der Waals surface area contributed by atoms with Crippen LogP contribution in [0.2, 0.25) is 0 Å². The summed E-state index contributed by atoms with van der Waals surface area (Å²) in [7, 11) is -1.17. The first-order valence-electron chi connectivity index (χ1n) is 12.9. The highest BCUT2D eigenvalue weighted by Crippen LogP contribution is 2.39. The molecule has 5 rings (SSSR count). The van der Waals surface area contributed by atoms with Crippen LogP contribution in [-0.2, 0) is 14.8 Å². The normalized spacial score (nSPS) is 17.3. The van der Waals surface area contributed by atoms with Gasteiger partial charge in [0.2, 0.25) is 27.7 Å². The van der Waals surface area contributed by atoms with E-state index in [1.807, 2.05) is 0 Å². The van der Waals surface area contributed by atoms with Crippen molar-refractivity contribution in [1.82, 2.24) is 19.7 Å². The van der Waals surface area contributed by atoms with Crippen molar-refractivity contribution in [1.29, 1.82) is 0 Å². The predicted molar refractivity (Wildman–Crippen MR) is 149 cm³/mol. The number of aromatic nitrogens is 3. The molecular formula is C28H30FN5O6S. The number of sulfonamides is 1. The van der Waals surface area contributed by atoms with Crippen LogP contribution in [0.1, 0.15) is 30.6 Å². The van der Waals surface area contributed by atoms with Crippen molar-refractivity contribution in [3.8, 4) is 28.8 Å². The molecule has 0 unspecified atom stereocenters. The number of benzene rings is 2. The number of para-hydroxylation sites is 1. The minimum atomic E-state index is -4.14. The number of hydrogen-bond donors (Lipinski definition) is 1. The number of anilines is 1. The Labute approximate surface area is 236 Å². The van der Waals surface area contributed by atoms with Crippen molar-refractivity contribution >= 4 is 21.9 Å². The minimum absolute atomic E-state index is 0.0152. The Balaban J connectivity index is 1.57. The van der Waals surface area contributed by atoms with Gasteiger partial charge in [0.25, 0.3) is 0 Å². The average molecular weight is 584 g/mol. The smallest absolute Gasteiger partial charge is 0.243 e. The molecular weight excluding hydrogens is 553 g/mol. The Morgan fingerprint density at radius 2 is 1.71 bits per heavy atom. The van der Waals surface area contributed by atoms with Gasteiger partial charge >= 0.3 is 0 Å². The molecule has 1 aliphatic heterocycles. The van der Waals surface area contributed by atoms with Crippen LogP contribution in [-0.4, -0.2) is 66.5 Å². The zero-order valence-corrected chi connectivity index (χ0v) is 23.8. The number of halogens is 1. The summed E-state index contributed by atoms with van der Waals surface area (Å²) in [4.78, 5) is 13.9.